The van der Waals surface area contributed by atoms with E-state index in [1.54, 1.807) is 5.37 Å². The van der Waals surface area contributed by atoms with Crippen LogP contribution in [-0.2, 0) is 0 Å². The van der Waals surface area contributed by atoms with Gasteiger partial charge < -0.3 is 0 Å². The van der Waals surface area contributed by atoms with Crippen molar-refractivity contribution in [3.63, 3.8) is 0 Å². The fourth-order valence-electron chi connectivity index (χ4n) is 1.31. The van der Waals surface area contributed by atoms with Gasteiger partial charge in [-0.1, -0.05) is 37.3 Å². The highest BCUT2D eigenvalue weighted by atomic mass is 32.1. The Morgan fingerprint density at radius 3 is 2.33 bits per heavy atom. The topological polar surface area (TPSA) is 0 Å². The average Bonchev–Trinajstić information content (AvgIpc) is 2.37. The second-order valence-electron chi connectivity index (χ2n) is 2.50. The molecule has 9 heavy (non-hydrogen) atoms. The monoisotopic (exact) mass is 158 g/mol. The first-order chi connectivity index (χ1) is 4.34. The van der Waals surface area contributed by atoms with Crippen molar-refractivity contribution < 1.29 is 0 Å². The SMILES string of the molecule is S=CC(=S)C1CCCC1. The Morgan fingerprint density at radius 1 is 1.33 bits per heavy atom. The fourth-order valence-corrected chi connectivity index (χ4v) is 1.73. The minimum atomic E-state index is 0.650. The molecule has 50 valence electrons. The zero-order chi connectivity index (χ0) is 6.69. The Balaban J connectivity index is 2.41. The molecule has 0 atom stereocenters. The molecule has 0 aromatic carbocycles. The van der Waals surface area contributed by atoms with Gasteiger partial charge in [0.1, 0.15) is 0 Å². The zero-order valence-corrected chi connectivity index (χ0v) is 6.93. The first kappa shape index (κ1) is 7.29. The summed E-state index contributed by atoms with van der Waals surface area (Å²) in [6.45, 7) is 0. The van der Waals surface area contributed by atoms with E-state index in [4.69, 9.17) is 24.4 Å². The lowest BCUT2D eigenvalue weighted by Crippen LogP contribution is -2.07. The summed E-state index contributed by atoms with van der Waals surface area (Å²) in [5.74, 6) is 0.650. The molecule has 0 unspecified atom stereocenters. The number of thiocarbonyl (C=S) groups is 2. The van der Waals surface area contributed by atoms with Crippen LogP contribution in [0.3, 0.4) is 0 Å². The van der Waals surface area contributed by atoms with E-state index in [-0.39, 0.29) is 0 Å². The van der Waals surface area contributed by atoms with Crippen LogP contribution in [0.2, 0.25) is 0 Å². The molecule has 2 heteroatoms. The maximum atomic E-state index is 5.06. The Labute approximate surface area is 66.6 Å². The summed E-state index contributed by atoms with van der Waals surface area (Å²) in [5, 5.41) is 1.66. The van der Waals surface area contributed by atoms with Gasteiger partial charge in [0.15, 0.2) is 0 Å². The minimum Gasteiger partial charge on any atom is -0.0875 e. The van der Waals surface area contributed by atoms with Crippen molar-refractivity contribution in [1.29, 1.82) is 0 Å². The quantitative estimate of drug-likeness (QED) is 0.566. The van der Waals surface area contributed by atoms with E-state index < -0.39 is 0 Å². The standard InChI is InChI=1S/C7H10S2/c8-5-7(9)6-3-1-2-4-6/h5-6H,1-4H2. The first-order valence-corrected chi connectivity index (χ1v) is 4.21. The van der Waals surface area contributed by atoms with Crippen molar-refractivity contribution in [2.75, 3.05) is 0 Å². The summed E-state index contributed by atoms with van der Waals surface area (Å²) in [7, 11) is 0. The number of hydrogen-bond acceptors (Lipinski definition) is 2. The molecule has 0 spiro atoms. The van der Waals surface area contributed by atoms with Gasteiger partial charge in [0.25, 0.3) is 0 Å². The Morgan fingerprint density at radius 2 is 1.89 bits per heavy atom. The van der Waals surface area contributed by atoms with Crippen molar-refractivity contribution in [1.82, 2.24) is 0 Å². The smallest absolute Gasteiger partial charge is 0.0290 e. The van der Waals surface area contributed by atoms with Crippen LogP contribution in [-0.4, -0.2) is 10.2 Å². The molecule has 1 aliphatic carbocycles. The molecule has 1 aliphatic rings. The van der Waals surface area contributed by atoms with E-state index in [2.05, 4.69) is 0 Å². The second-order valence-corrected chi connectivity index (χ2v) is 3.21. The molecule has 1 rings (SSSR count). The van der Waals surface area contributed by atoms with E-state index in [1.165, 1.54) is 25.7 Å². The van der Waals surface area contributed by atoms with Crippen molar-refractivity contribution in [3.8, 4) is 0 Å². The van der Waals surface area contributed by atoms with Gasteiger partial charge in [-0.15, -0.1) is 0 Å². The summed E-state index contributed by atoms with van der Waals surface area (Å²) in [5.41, 5.74) is 0. The molecule has 0 aromatic heterocycles. The van der Waals surface area contributed by atoms with E-state index in [0.29, 0.717) is 5.92 Å². The molecular formula is C7H10S2. The lowest BCUT2D eigenvalue weighted by Gasteiger charge is -2.03. The predicted octanol–water partition coefficient (Wildman–Crippen LogP) is 2.55. The largest absolute Gasteiger partial charge is 0.0875 e. The Hall–Kier alpha value is 0.180. The first-order valence-electron chi connectivity index (χ1n) is 3.33. The van der Waals surface area contributed by atoms with Gasteiger partial charge in [0.2, 0.25) is 0 Å². The molecule has 1 saturated carbocycles. The molecule has 0 nitrogen and oxygen atoms in total. The van der Waals surface area contributed by atoms with Crippen LogP contribution in [0.1, 0.15) is 25.7 Å². The minimum absolute atomic E-state index is 0.650. The van der Waals surface area contributed by atoms with Crippen LogP contribution < -0.4 is 0 Å². The van der Waals surface area contributed by atoms with Crippen LogP contribution in [0.15, 0.2) is 0 Å². The van der Waals surface area contributed by atoms with Crippen molar-refractivity contribution in [3.05, 3.63) is 0 Å². The van der Waals surface area contributed by atoms with Gasteiger partial charge in [0.05, 0.1) is 0 Å². The lowest BCUT2D eigenvalue weighted by molar-refractivity contribution is 0.747. The van der Waals surface area contributed by atoms with E-state index in [0.717, 1.165) is 4.86 Å². The van der Waals surface area contributed by atoms with Gasteiger partial charge in [-0.2, -0.15) is 0 Å². The molecule has 1 fully saturated rings. The number of rotatable bonds is 2. The van der Waals surface area contributed by atoms with Crippen molar-refractivity contribution in [2.45, 2.75) is 25.7 Å². The fraction of sp³-hybridized carbons (Fsp3) is 0.714. The van der Waals surface area contributed by atoms with Crippen LogP contribution in [0.25, 0.3) is 0 Å². The highest BCUT2D eigenvalue weighted by Gasteiger charge is 2.17. The molecule has 0 aliphatic heterocycles. The Bertz CT molecular complexity index is 123. The van der Waals surface area contributed by atoms with Gasteiger partial charge in [0, 0.05) is 10.2 Å². The van der Waals surface area contributed by atoms with E-state index in [1.807, 2.05) is 0 Å². The lowest BCUT2D eigenvalue weighted by atomic mass is 10.1. The zero-order valence-electron chi connectivity index (χ0n) is 5.30. The van der Waals surface area contributed by atoms with Gasteiger partial charge in [-0.25, -0.2) is 0 Å². The van der Waals surface area contributed by atoms with Crippen LogP contribution in [0, 0.1) is 5.92 Å². The van der Waals surface area contributed by atoms with Crippen LogP contribution >= 0.6 is 24.4 Å². The third-order valence-electron chi connectivity index (χ3n) is 1.87. The molecule has 0 amide bonds. The average molecular weight is 158 g/mol. The van der Waals surface area contributed by atoms with Gasteiger partial charge in [-0.3, -0.25) is 0 Å². The third kappa shape index (κ3) is 1.80. The highest BCUT2D eigenvalue weighted by molar-refractivity contribution is 7.88. The van der Waals surface area contributed by atoms with E-state index >= 15 is 0 Å². The molecule has 0 heterocycles. The summed E-state index contributed by atoms with van der Waals surface area (Å²) >= 11 is 9.80. The molecule has 0 saturated heterocycles. The van der Waals surface area contributed by atoms with Crippen LogP contribution in [0.5, 0.6) is 0 Å². The number of hydrogen-bond donors (Lipinski definition) is 0. The summed E-state index contributed by atoms with van der Waals surface area (Å²) in [6.07, 6.45) is 5.22. The normalized spacial score (nSPS) is 20.0. The molecular weight excluding hydrogens is 148 g/mol. The van der Waals surface area contributed by atoms with Crippen LogP contribution in [0.4, 0.5) is 0 Å². The summed E-state index contributed by atoms with van der Waals surface area (Å²) in [4.78, 5) is 1.00. The maximum Gasteiger partial charge on any atom is 0.0290 e. The maximum absolute atomic E-state index is 5.06. The van der Waals surface area contributed by atoms with Gasteiger partial charge in [-0.05, 0) is 18.8 Å². The highest BCUT2D eigenvalue weighted by Crippen LogP contribution is 2.25. The predicted molar refractivity (Wildman–Crippen MR) is 48.2 cm³/mol. The molecule has 0 aromatic rings. The second kappa shape index (κ2) is 3.37. The van der Waals surface area contributed by atoms with Crippen molar-refractivity contribution >= 4 is 34.7 Å². The molecule has 0 N–H and O–H groups in total. The van der Waals surface area contributed by atoms with E-state index in [9.17, 15) is 0 Å². The molecule has 0 bridgehead atoms. The van der Waals surface area contributed by atoms with Crippen molar-refractivity contribution in [2.24, 2.45) is 5.92 Å². The third-order valence-corrected chi connectivity index (χ3v) is 2.73. The summed E-state index contributed by atoms with van der Waals surface area (Å²) < 4.78 is 0. The molecule has 0 radical (unpaired) electrons. The summed E-state index contributed by atoms with van der Waals surface area (Å²) in [6, 6.07) is 0. The van der Waals surface area contributed by atoms with Gasteiger partial charge >= 0.3 is 0 Å². The Kier molecular flexibility index (Phi) is 2.73.